The number of aryl methyl sites for hydroxylation is 1. The molecule has 20 heavy (non-hydrogen) atoms. The van der Waals surface area contributed by atoms with E-state index >= 15 is 0 Å². The lowest BCUT2D eigenvalue weighted by atomic mass is 10.1. The van der Waals surface area contributed by atoms with E-state index in [4.69, 9.17) is 4.74 Å². The van der Waals surface area contributed by atoms with Gasteiger partial charge in [-0.2, -0.15) is 0 Å². The van der Waals surface area contributed by atoms with Gasteiger partial charge in [-0.25, -0.2) is 0 Å². The molecule has 0 aliphatic carbocycles. The fourth-order valence-corrected chi connectivity index (χ4v) is 3.19. The highest BCUT2D eigenvalue weighted by Gasteiger charge is 2.06. The molecule has 0 atom stereocenters. The van der Waals surface area contributed by atoms with Crippen molar-refractivity contribution in [3.63, 3.8) is 0 Å². The smallest absolute Gasteiger partial charge is 0.258 e. The van der Waals surface area contributed by atoms with Crippen LogP contribution < -0.4 is 10.1 Å². The number of para-hydroxylation sites is 1. The van der Waals surface area contributed by atoms with Crippen molar-refractivity contribution >= 4 is 33.2 Å². The Balaban J connectivity index is 1.80. The average molecular weight is 354 g/mol. The van der Waals surface area contributed by atoms with Crippen LogP contribution in [0.4, 0.5) is 0 Å². The van der Waals surface area contributed by atoms with Gasteiger partial charge in [0.2, 0.25) is 0 Å². The number of carbonyl (C=O) groups is 1. The van der Waals surface area contributed by atoms with Gasteiger partial charge in [0.15, 0.2) is 6.61 Å². The zero-order chi connectivity index (χ0) is 14.4. The molecule has 2 aromatic rings. The van der Waals surface area contributed by atoms with Crippen molar-refractivity contribution in [3.8, 4) is 5.75 Å². The van der Waals surface area contributed by atoms with Crippen molar-refractivity contribution in [1.29, 1.82) is 0 Å². The number of benzene rings is 1. The maximum absolute atomic E-state index is 11.8. The highest BCUT2D eigenvalue weighted by atomic mass is 79.9. The first-order valence-electron chi connectivity index (χ1n) is 6.40. The minimum absolute atomic E-state index is 0.0452. The number of nitrogens with one attached hydrogen (secondary N) is 1. The van der Waals surface area contributed by atoms with Crippen LogP contribution in [-0.4, -0.2) is 12.5 Å². The summed E-state index contributed by atoms with van der Waals surface area (Å²) in [7, 11) is 0. The van der Waals surface area contributed by atoms with Crippen molar-refractivity contribution in [1.82, 2.24) is 5.32 Å². The maximum atomic E-state index is 11.8. The summed E-state index contributed by atoms with van der Waals surface area (Å²) in [6, 6.07) is 11.7. The molecule has 5 heteroatoms. The quantitative estimate of drug-likeness (QED) is 0.858. The topological polar surface area (TPSA) is 38.3 Å². The van der Waals surface area contributed by atoms with E-state index in [0.29, 0.717) is 6.54 Å². The number of thiophene rings is 1. The van der Waals surface area contributed by atoms with E-state index in [1.807, 2.05) is 36.4 Å². The van der Waals surface area contributed by atoms with Gasteiger partial charge < -0.3 is 10.1 Å². The second-order valence-corrected chi connectivity index (χ2v) is 6.78. The number of ether oxygens (including phenoxy) is 1. The SMILES string of the molecule is CCc1ccccc1OCC(=O)NCc1ccc(Br)s1. The molecule has 2 rings (SSSR count). The lowest BCUT2D eigenvalue weighted by molar-refractivity contribution is -0.123. The summed E-state index contributed by atoms with van der Waals surface area (Å²) >= 11 is 5.01. The van der Waals surface area contributed by atoms with E-state index in [-0.39, 0.29) is 12.5 Å². The Hall–Kier alpha value is -1.33. The molecule has 1 aromatic carbocycles. The average Bonchev–Trinajstić information content (AvgIpc) is 2.89. The fourth-order valence-electron chi connectivity index (χ4n) is 1.76. The van der Waals surface area contributed by atoms with Gasteiger partial charge >= 0.3 is 0 Å². The third kappa shape index (κ3) is 4.35. The monoisotopic (exact) mass is 353 g/mol. The van der Waals surface area contributed by atoms with Crippen LogP contribution in [0.15, 0.2) is 40.2 Å². The first-order chi connectivity index (χ1) is 9.69. The molecule has 0 saturated carbocycles. The van der Waals surface area contributed by atoms with Crippen molar-refractivity contribution in [2.75, 3.05) is 6.61 Å². The fraction of sp³-hybridized carbons (Fsp3) is 0.267. The van der Waals surface area contributed by atoms with E-state index in [2.05, 4.69) is 28.2 Å². The zero-order valence-corrected chi connectivity index (χ0v) is 13.6. The van der Waals surface area contributed by atoms with E-state index in [1.54, 1.807) is 11.3 Å². The van der Waals surface area contributed by atoms with Gasteiger partial charge in [-0.1, -0.05) is 25.1 Å². The van der Waals surface area contributed by atoms with Crippen LogP contribution in [0.2, 0.25) is 0 Å². The molecule has 3 nitrogen and oxygen atoms in total. The highest BCUT2D eigenvalue weighted by molar-refractivity contribution is 9.11. The highest BCUT2D eigenvalue weighted by Crippen LogP contribution is 2.21. The van der Waals surface area contributed by atoms with E-state index in [0.717, 1.165) is 26.4 Å². The van der Waals surface area contributed by atoms with Crippen LogP contribution in [0.1, 0.15) is 17.4 Å². The van der Waals surface area contributed by atoms with Crippen molar-refractivity contribution in [2.45, 2.75) is 19.9 Å². The van der Waals surface area contributed by atoms with Gasteiger partial charge in [-0.3, -0.25) is 4.79 Å². The van der Waals surface area contributed by atoms with Gasteiger partial charge in [-0.05, 0) is 46.1 Å². The molecule has 0 radical (unpaired) electrons. The molecule has 1 N–H and O–H groups in total. The Morgan fingerprint density at radius 1 is 1.30 bits per heavy atom. The van der Waals surface area contributed by atoms with Crippen LogP contribution in [0.25, 0.3) is 0 Å². The summed E-state index contributed by atoms with van der Waals surface area (Å²) in [4.78, 5) is 12.9. The molecule has 0 unspecified atom stereocenters. The Kier molecular flexibility index (Phi) is 5.61. The van der Waals surface area contributed by atoms with Crippen molar-refractivity contribution in [3.05, 3.63) is 50.6 Å². The number of amides is 1. The molecule has 0 aliphatic heterocycles. The summed E-state index contributed by atoms with van der Waals surface area (Å²) in [6.07, 6.45) is 0.890. The molecular weight excluding hydrogens is 338 g/mol. The van der Waals surface area contributed by atoms with Crippen molar-refractivity contribution in [2.24, 2.45) is 0 Å². The van der Waals surface area contributed by atoms with E-state index < -0.39 is 0 Å². The van der Waals surface area contributed by atoms with Crippen molar-refractivity contribution < 1.29 is 9.53 Å². The lowest BCUT2D eigenvalue weighted by Crippen LogP contribution is -2.28. The molecule has 1 aromatic heterocycles. The predicted octanol–water partition coefficient (Wildman–Crippen LogP) is 3.77. The number of hydrogen-bond acceptors (Lipinski definition) is 3. The molecule has 0 saturated heterocycles. The summed E-state index contributed by atoms with van der Waals surface area (Å²) in [6.45, 7) is 2.65. The summed E-state index contributed by atoms with van der Waals surface area (Å²) in [5.74, 6) is 0.671. The zero-order valence-electron chi connectivity index (χ0n) is 11.2. The second-order valence-electron chi connectivity index (χ2n) is 4.23. The Morgan fingerprint density at radius 3 is 2.80 bits per heavy atom. The Labute approximate surface area is 131 Å². The van der Waals surface area contributed by atoms with Crippen LogP contribution in [-0.2, 0) is 17.8 Å². The minimum atomic E-state index is -0.111. The van der Waals surface area contributed by atoms with Crippen LogP contribution in [0.5, 0.6) is 5.75 Å². The maximum Gasteiger partial charge on any atom is 0.258 e. The third-order valence-corrected chi connectivity index (χ3v) is 4.42. The number of rotatable bonds is 6. The molecular formula is C15H16BrNO2S. The molecule has 0 fully saturated rings. The van der Waals surface area contributed by atoms with Crippen LogP contribution >= 0.6 is 27.3 Å². The summed E-state index contributed by atoms with van der Waals surface area (Å²) < 4.78 is 6.63. The van der Waals surface area contributed by atoms with Gasteiger partial charge in [-0.15, -0.1) is 11.3 Å². The number of hydrogen-bond donors (Lipinski definition) is 1. The second kappa shape index (κ2) is 7.45. The molecule has 0 bridgehead atoms. The first kappa shape index (κ1) is 15.1. The molecule has 1 heterocycles. The van der Waals surface area contributed by atoms with E-state index in [9.17, 15) is 4.79 Å². The van der Waals surface area contributed by atoms with E-state index in [1.165, 1.54) is 0 Å². The number of carbonyl (C=O) groups excluding carboxylic acids is 1. The third-order valence-electron chi connectivity index (χ3n) is 2.80. The summed E-state index contributed by atoms with van der Waals surface area (Å²) in [5.41, 5.74) is 1.11. The van der Waals surface area contributed by atoms with Gasteiger partial charge in [0.1, 0.15) is 5.75 Å². The molecule has 106 valence electrons. The van der Waals surface area contributed by atoms with Crippen LogP contribution in [0, 0.1) is 0 Å². The lowest BCUT2D eigenvalue weighted by Gasteiger charge is -2.10. The normalized spacial score (nSPS) is 10.3. The Morgan fingerprint density at radius 2 is 2.10 bits per heavy atom. The van der Waals surface area contributed by atoms with Gasteiger partial charge in [0.25, 0.3) is 5.91 Å². The predicted molar refractivity (Wildman–Crippen MR) is 85.2 cm³/mol. The van der Waals surface area contributed by atoms with Crippen LogP contribution in [0.3, 0.4) is 0 Å². The summed E-state index contributed by atoms with van der Waals surface area (Å²) in [5, 5.41) is 2.85. The van der Waals surface area contributed by atoms with Gasteiger partial charge in [0.05, 0.1) is 10.3 Å². The molecule has 0 spiro atoms. The van der Waals surface area contributed by atoms with Gasteiger partial charge in [0, 0.05) is 4.88 Å². The molecule has 1 amide bonds. The Bertz CT molecular complexity index is 583. The first-order valence-corrected chi connectivity index (χ1v) is 8.01. The number of halogens is 1. The molecule has 0 aliphatic rings. The minimum Gasteiger partial charge on any atom is -0.483 e. The largest absolute Gasteiger partial charge is 0.483 e. The standard InChI is InChI=1S/C15H16BrNO2S/c1-2-11-5-3-4-6-13(11)19-10-15(18)17-9-12-7-8-14(16)20-12/h3-8H,2,9-10H2,1H3,(H,17,18).